The summed E-state index contributed by atoms with van der Waals surface area (Å²) in [5, 5.41) is 3.54. The van der Waals surface area contributed by atoms with E-state index in [0.29, 0.717) is 20.1 Å². The summed E-state index contributed by atoms with van der Waals surface area (Å²) in [7, 11) is 0.439. The molecule has 0 bridgehead atoms. The summed E-state index contributed by atoms with van der Waals surface area (Å²) in [5.41, 5.74) is 10.5. The second kappa shape index (κ2) is 7.51. The van der Waals surface area contributed by atoms with Crippen LogP contribution in [0.5, 0.6) is 0 Å². The van der Waals surface area contributed by atoms with E-state index in [1.165, 1.54) is 11.3 Å². The molecule has 2 heterocycles. The number of benzene rings is 1. The van der Waals surface area contributed by atoms with Crippen LogP contribution in [-0.4, -0.2) is 15.2 Å². The van der Waals surface area contributed by atoms with Gasteiger partial charge in [0.2, 0.25) is 0 Å². The maximum Gasteiger partial charge on any atom is 0.167 e. The van der Waals surface area contributed by atoms with Crippen molar-refractivity contribution in [3.63, 3.8) is 0 Å². The first-order valence-electron chi connectivity index (χ1n) is 7.50. The third kappa shape index (κ3) is 3.78. The van der Waals surface area contributed by atoms with Crippen LogP contribution < -0.4 is 11.1 Å². The molecule has 132 valence electrons. The number of rotatable bonds is 5. The molecule has 3 N–H and O–H groups in total. The average molecular weight is 414 g/mol. The van der Waals surface area contributed by atoms with Crippen molar-refractivity contribution in [1.82, 2.24) is 9.29 Å². The second-order valence-electron chi connectivity index (χ2n) is 5.60. The minimum absolute atomic E-state index is 0.419. The molecule has 0 saturated heterocycles. The fourth-order valence-corrected chi connectivity index (χ4v) is 5.55. The Hall–Kier alpha value is -1.31. The Labute approximate surface area is 163 Å². The normalized spacial score (nSPS) is 12.5. The Morgan fingerprint density at radius 3 is 2.64 bits per heavy atom. The molecule has 0 radical (unpaired) electrons. The van der Waals surface area contributed by atoms with Crippen molar-refractivity contribution >= 4 is 51.2 Å². The lowest BCUT2D eigenvalue weighted by molar-refractivity contribution is 0.679. The number of nitrogens with one attached hydrogen (secondary N) is 1. The van der Waals surface area contributed by atoms with Crippen molar-refractivity contribution in [2.45, 2.75) is 17.7 Å². The van der Waals surface area contributed by atoms with E-state index in [1.807, 2.05) is 44.4 Å². The zero-order valence-corrected chi connectivity index (χ0v) is 16.8. The lowest BCUT2D eigenvalue weighted by Crippen LogP contribution is -2.05. The van der Waals surface area contributed by atoms with Crippen LogP contribution in [0.4, 0.5) is 5.69 Å². The smallest absolute Gasteiger partial charge is 0.167 e. The molecule has 0 fully saturated rings. The highest BCUT2D eigenvalue weighted by molar-refractivity contribution is 7.86. The van der Waals surface area contributed by atoms with E-state index in [2.05, 4.69) is 5.32 Å². The Morgan fingerprint density at radius 1 is 1.28 bits per heavy atom. The molecule has 0 aliphatic carbocycles. The van der Waals surface area contributed by atoms with Gasteiger partial charge in [0.1, 0.15) is 8.55 Å². The van der Waals surface area contributed by atoms with Gasteiger partial charge in [-0.3, -0.25) is 3.97 Å². The molecule has 1 atom stereocenters. The molecule has 0 aliphatic rings. The summed E-state index contributed by atoms with van der Waals surface area (Å²) < 4.78 is 15.9. The number of thiophene rings is 1. The Bertz CT molecular complexity index is 930. The molecular formula is C17H17Cl2N3OS2. The minimum Gasteiger partial charge on any atom is -0.399 e. The number of nitrogen functional groups attached to an aromatic ring is 1. The van der Waals surface area contributed by atoms with Crippen molar-refractivity contribution in [3.8, 4) is 11.3 Å². The number of halogens is 2. The number of hydrogen-bond acceptors (Lipinski definition) is 4. The van der Waals surface area contributed by atoms with Crippen LogP contribution in [0.1, 0.15) is 11.1 Å². The molecule has 4 nitrogen and oxygen atoms in total. The number of hydrogen-bond donors (Lipinski definition) is 2. The molecule has 1 unspecified atom stereocenters. The van der Waals surface area contributed by atoms with Crippen LogP contribution in [0.2, 0.25) is 9.36 Å². The zero-order chi connectivity index (χ0) is 18.1. The molecule has 25 heavy (non-hydrogen) atoms. The van der Waals surface area contributed by atoms with E-state index in [9.17, 15) is 4.21 Å². The van der Waals surface area contributed by atoms with Crippen LogP contribution in [-0.2, 0) is 17.5 Å². The van der Waals surface area contributed by atoms with Crippen LogP contribution in [0.25, 0.3) is 11.3 Å². The maximum absolute atomic E-state index is 13.1. The highest BCUT2D eigenvalue weighted by Crippen LogP contribution is 2.35. The Morgan fingerprint density at radius 2 is 2.04 bits per heavy atom. The highest BCUT2D eigenvalue weighted by atomic mass is 35.5. The molecule has 0 spiro atoms. The van der Waals surface area contributed by atoms with Crippen molar-refractivity contribution in [3.05, 3.63) is 57.0 Å². The molecular weight excluding hydrogens is 397 g/mol. The van der Waals surface area contributed by atoms with Crippen molar-refractivity contribution < 1.29 is 4.21 Å². The second-order valence-corrected chi connectivity index (χ2v) is 9.25. The van der Waals surface area contributed by atoms with Crippen LogP contribution in [0, 0.1) is 6.92 Å². The monoisotopic (exact) mass is 413 g/mol. The van der Waals surface area contributed by atoms with Gasteiger partial charge < -0.3 is 11.1 Å². The lowest BCUT2D eigenvalue weighted by atomic mass is 10.1. The van der Waals surface area contributed by atoms with Gasteiger partial charge in [-0.2, -0.15) is 0 Å². The third-order valence-corrected chi connectivity index (χ3v) is 7.22. The number of nitrogens with zero attached hydrogens (tertiary/aromatic N) is 1. The van der Waals surface area contributed by atoms with Crippen LogP contribution in [0.15, 0.2) is 40.7 Å². The first kappa shape index (κ1) is 18.5. The Kier molecular flexibility index (Phi) is 5.55. The van der Waals surface area contributed by atoms with Gasteiger partial charge in [0.15, 0.2) is 11.0 Å². The largest absolute Gasteiger partial charge is 0.399 e. The quantitative estimate of drug-likeness (QED) is 0.595. The summed E-state index contributed by atoms with van der Waals surface area (Å²) in [6.45, 7) is 2.63. The first-order valence-corrected chi connectivity index (χ1v) is 10.2. The summed E-state index contributed by atoms with van der Waals surface area (Å²) in [6, 6.07) is 9.47. The molecule has 3 rings (SSSR count). The van der Waals surface area contributed by atoms with Gasteiger partial charge in [0.25, 0.3) is 0 Å². The van der Waals surface area contributed by atoms with Gasteiger partial charge in [-0.05, 0) is 54.9 Å². The van der Waals surface area contributed by atoms with E-state index >= 15 is 0 Å². The number of aromatic nitrogens is 1. The van der Waals surface area contributed by atoms with Crippen molar-refractivity contribution in [2.24, 2.45) is 0 Å². The summed E-state index contributed by atoms with van der Waals surface area (Å²) in [6.07, 6.45) is 1.88. The van der Waals surface area contributed by atoms with E-state index in [0.717, 1.165) is 28.1 Å². The van der Waals surface area contributed by atoms with E-state index in [1.54, 1.807) is 10.0 Å². The maximum atomic E-state index is 13.1. The van der Waals surface area contributed by atoms with Gasteiger partial charge in [-0.1, -0.05) is 29.3 Å². The standard InChI is InChI=1S/C17H17Cl2N3OS2/c1-10-5-12(3-4-14(10)20)15-6-11(8-21-2)9-22(15)25(23)16-7-13(18)17(19)24-16/h3-7,9,21H,8,20H2,1-2H3. The van der Waals surface area contributed by atoms with Gasteiger partial charge >= 0.3 is 0 Å². The molecule has 1 aromatic carbocycles. The number of aryl methyl sites for hydroxylation is 1. The summed E-state index contributed by atoms with van der Waals surface area (Å²) >= 11 is 13.3. The third-order valence-electron chi connectivity index (χ3n) is 3.76. The van der Waals surface area contributed by atoms with Crippen molar-refractivity contribution in [2.75, 3.05) is 12.8 Å². The molecule has 0 amide bonds. The van der Waals surface area contributed by atoms with Gasteiger partial charge in [-0.15, -0.1) is 11.3 Å². The zero-order valence-electron chi connectivity index (χ0n) is 13.7. The molecule has 8 heteroatoms. The molecule has 2 aromatic heterocycles. The first-order chi connectivity index (χ1) is 11.9. The fourth-order valence-electron chi connectivity index (χ4n) is 2.49. The molecule has 0 saturated carbocycles. The van der Waals surface area contributed by atoms with Crippen molar-refractivity contribution in [1.29, 1.82) is 0 Å². The van der Waals surface area contributed by atoms with Crippen LogP contribution in [0.3, 0.4) is 0 Å². The van der Waals surface area contributed by atoms with Gasteiger partial charge in [-0.25, -0.2) is 4.21 Å². The topological polar surface area (TPSA) is 60.0 Å². The summed E-state index contributed by atoms with van der Waals surface area (Å²) in [5.74, 6) is 0. The van der Waals surface area contributed by atoms with E-state index < -0.39 is 11.0 Å². The van der Waals surface area contributed by atoms with Gasteiger partial charge in [0, 0.05) is 18.4 Å². The highest BCUT2D eigenvalue weighted by Gasteiger charge is 2.18. The lowest BCUT2D eigenvalue weighted by Gasteiger charge is -2.09. The predicted octanol–water partition coefficient (Wildman–Crippen LogP) is 4.70. The SMILES string of the molecule is CNCc1cc(-c2ccc(N)c(C)c2)n(S(=O)c2cc(Cl)c(Cl)s2)c1. The average Bonchev–Trinajstić information content (AvgIpc) is 3.14. The fraction of sp³-hybridized carbons (Fsp3) is 0.176. The van der Waals surface area contributed by atoms with Gasteiger partial charge in [0.05, 0.1) is 10.7 Å². The minimum atomic E-state index is -1.44. The summed E-state index contributed by atoms with van der Waals surface area (Å²) in [4.78, 5) is 0. The molecule has 3 aromatic rings. The predicted molar refractivity (Wildman–Crippen MR) is 108 cm³/mol. The van der Waals surface area contributed by atoms with Crippen LogP contribution >= 0.6 is 34.5 Å². The van der Waals surface area contributed by atoms with E-state index in [4.69, 9.17) is 28.9 Å². The number of nitrogens with two attached hydrogens (primary N) is 1. The molecule has 0 aliphatic heterocycles. The number of anilines is 1. The van der Waals surface area contributed by atoms with E-state index in [-0.39, 0.29) is 0 Å². The Balaban J connectivity index is 2.11.